The first-order valence-electron chi connectivity index (χ1n) is 9.11. The van der Waals surface area contributed by atoms with Gasteiger partial charge in [0.15, 0.2) is 0 Å². The fourth-order valence-corrected chi connectivity index (χ4v) is 2.90. The van der Waals surface area contributed by atoms with Crippen LogP contribution in [0.3, 0.4) is 0 Å². The molecule has 0 saturated carbocycles. The number of rotatable bonds is 10. The van der Waals surface area contributed by atoms with Gasteiger partial charge in [-0.05, 0) is 55.3 Å². The summed E-state index contributed by atoms with van der Waals surface area (Å²) >= 11 is 4.45. The average Bonchev–Trinajstić information content (AvgIpc) is 2.62. The molecule has 2 aromatic rings. The molecule has 26 heavy (non-hydrogen) atoms. The summed E-state index contributed by atoms with van der Waals surface area (Å²) in [6, 6.07) is 16.0. The van der Waals surface area contributed by atoms with Crippen LogP contribution in [0.15, 0.2) is 53.4 Å². The molecule has 0 heterocycles. The highest BCUT2D eigenvalue weighted by Gasteiger charge is 2.03. The lowest BCUT2D eigenvalue weighted by Gasteiger charge is -2.13. The van der Waals surface area contributed by atoms with Crippen LogP contribution in [0.4, 0.5) is 11.4 Å². The lowest BCUT2D eigenvalue weighted by atomic mass is 10.1. The molecule has 5 heteroatoms. The molecule has 0 fully saturated rings. The Kier molecular flexibility index (Phi) is 8.51. The molecular formula is C21H29N3OS. The number of hydrogen-bond donors (Lipinski definition) is 3. The number of carbonyl (C=O) groups is 1. The Hall–Kier alpha value is -1.98. The van der Waals surface area contributed by atoms with Crippen molar-refractivity contribution in [2.45, 2.75) is 37.1 Å². The quantitative estimate of drug-likeness (QED) is 0.430. The summed E-state index contributed by atoms with van der Waals surface area (Å²) in [5.41, 5.74) is 3.19. The van der Waals surface area contributed by atoms with Gasteiger partial charge in [0, 0.05) is 43.3 Å². The zero-order valence-electron chi connectivity index (χ0n) is 15.7. The van der Waals surface area contributed by atoms with E-state index in [2.05, 4.69) is 29.3 Å². The van der Waals surface area contributed by atoms with E-state index in [4.69, 9.17) is 0 Å². The van der Waals surface area contributed by atoms with Gasteiger partial charge in [0.2, 0.25) is 5.91 Å². The van der Waals surface area contributed by atoms with E-state index in [9.17, 15) is 4.79 Å². The Morgan fingerprint density at radius 1 is 1.00 bits per heavy atom. The van der Waals surface area contributed by atoms with Crippen LogP contribution in [-0.4, -0.2) is 26.5 Å². The maximum atomic E-state index is 12.0. The number of nitrogens with one attached hydrogen (secondary N) is 2. The van der Waals surface area contributed by atoms with E-state index in [0.717, 1.165) is 48.6 Å². The lowest BCUT2D eigenvalue weighted by molar-refractivity contribution is -0.116. The topological polar surface area (TPSA) is 44.4 Å². The van der Waals surface area contributed by atoms with E-state index in [1.54, 1.807) is 0 Å². The fourth-order valence-electron chi connectivity index (χ4n) is 2.66. The minimum absolute atomic E-state index is 0.0829. The second-order valence-corrected chi connectivity index (χ2v) is 7.09. The van der Waals surface area contributed by atoms with Crippen LogP contribution in [0.25, 0.3) is 0 Å². The van der Waals surface area contributed by atoms with Gasteiger partial charge in [0.05, 0.1) is 0 Å². The van der Waals surface area contributed by atoms with Crippen molar-refractivity contribution in [2.75, 3.05) is 30.9 Å². The van der Waals surface area contributed by atoms with Crippen molar-refractivity contribution in [3.05, 3.63) is 54.1 Å². The standard InChI is InChI=1S/C21H29N3OS/c1-24(2)19-13-11-18(12-14-19)23-21(25)10-4-3-7-15-22-16-17-8-5-6-9-20(17)26/h5-6,8-9,11-14,22,26H,3-4,7,10,15-16H2,1-2H3,(H,23,25). The van der Waals surface area contributed by atoms with Crippen molar-refractivity contribution in [3.8, 4) is 0 Å². The molecule has 2 aromatic carbocycles. The third-order valence-corrected chi connectivity index (χ3v) is 4.67. The highest BCUT2D eigenvalue weighted by molar-refractivity contribution is 7.80. The van der Waals surface area contributed by atoms with Crippen LogP contribution in [0.1, 0.15) is 31.2 Å². The number of anilines is 2. The summed E-state index contributed by atoms with van der Waals surface area (Å²) in [6.45, 7) is 1.79. The predicted octanol–water partition coefficient (Wildman–Crippen LogP) is 4.33. The Morgan fingerprint density at radius 3 is 2.42 bits per heavy atom. The third kappa shape index (κ3) is 7.10. The number of unbranched alkanes of at least 4 members (excludes halogenated alkanes) is 2. The SMILES string of the molecule is CN(C)c1ccc(NC(=O)CCCCCNCc2ccccc2S)cc1. The van der Waals surface area contributed by atoms with E-state index in [-0.39, 0.29) is 5.91 Å². The molecule has 0 spiro atoms. The average molecular weight is 372 g/mol. The summed E-state index contributed by atoms with van der Waals surface area (Å²) in [4.78, 5) is 15.1. The van der Waals surface area contributed by atoms with Gasteiger partial charge in [-0.1, -0.05) is 24.6 Å². The van der Waals surface area contributed by atoms with E-state index < -0.39 is 0 Å². The number of amides is 1. The second kappa shape index (κ2) is 10.9. The minimum Gasteiger partial charge on any atom is -0.378 e. The predicted molar refractivity (Wildman–Crippen MR) is 113 cm³/mol. The molecule has 0 saturated heterocycles. The lowest BCUT2D eigenvalue weighted by Crippen LogP contribution is -2.15. The number of nitrogens with zero attached hydrogens (tertiary/aromatic N) is 1. The van der Waals surface area contributed by atoms with Crippen LogP contribution in [0, 0.1) is 0 Å². The molecule has 0 unspecified atom stereocenters. The van der Waals surface area contributed by atoms with E-state index in [1.807, 2.05) is 61.5 Å². The van der Waals surface area contributed by atoms with Crippen molar-refractivity contribution in [1.29, 1.82) is 0 Å². The Labute approximate surface area is 162 Å². The van der Waals surface area contributed by atoms with Crippen molar-refractivity contribution in [2.24, 2.45) is 0 Å². The molecule has 0 aliphatic heterocycles. The molecule has 0 aromatic heterocycles. The highest BCUT2D eigenvalue weighted by Crippen LogP contribution is 2.16. The monoisotopic (exact) mass is 371 g/mol. The van der Waals surface area contributed by atoms with Crippen LogP contribution in [0.2, 0.25) is 0 Å². The van der Waals surface area contributed by atoms with Crippen LogP contribution in [-0.2, 0) is 11.3 Å². The van der Waals surface area contributed by atoms with Crippen molar-refractivity contribution < 1.29 is 4.79 Å². The van der Waals surface area contributed by atoms with Crippen molar-refractivity contribution in [3.63, 3.8) is 0 Å². The fraction of sp³-hybridized carbons (Fsp3) is 0.381. The first kappa shape index (κ1) is 20.3. The van der Waals surface area contributed by atoms with Gasteiger partial charge < -0.3 is 15.5 Å². The molecular weight excluding hydrogens is 342 g/mol. The molecule has 0 aliphatic carbocycles. The summed E-state index contributed by atoms with van der Waals surface area (Å²) in [7, 11) is 4.00. The Morgan fingerprint density at radius 2 is 1.73 bits per heavy atom. The number of benzene rings is 2. The molecule has 140 valence electrons. The maximum Gasteiger partial charge on any atom is 0.224 e. The van der Waals surface area contributed by atoms with Crippen LogP contribution < -0.4 is 15.5 Å². The Balaban J connectivity index is 1.55. The van der Waals surface area contributed by atoms with Gasteiger partial charge in [-0.15, -0.1) is 12.6 Å². The van der Waals surface area contributed by atoms with Gasteiger partial charge >= 0.3 is 0 Å². The van der Waals surface area contributed by atoms with Gasteiger partial charge in [0.1, 0.15) is 0 Å². The summed E-state index contributed by atoms with van der Waals surface area (Å²) < 4.78 is 0. The van der Waals surface area contributed by atoms with Gasteiger partial charge in [-0.3, -0.25) is 4.79 Å². The van der Waals surface area contributed by atoms with Crippen LogP contribution >= 0.6 is 12.6 Å². The van der Waals surface area contributed by atoms with Crippen LogP contribution in [0.5, 0.6) is 0 Å². The highest BCUT2D eigenvalue weighted by atomic mass is 32.1. The van der Waals surface area contributed by atoms with E-state index in [1.165, 1.54) is 5.56 Å². The number of carbonyl (C=O) groups excluding carboxylic acids is 1. The number of hydrogen-bond acceptors (Lipinski definition) is 4. The molecule has 4 nitrogen and oxygen atoms in total. The molecule has 0 aliphatic rings. The molecule has 2 rings (SSSR count). The van der Waals surface area contributed by atoms with Gasteiger partial charge in [-0.2, -0.15) is 0 Å². The number of thiol groups is 1. The summed E-state index contributed by atoms with van der Waals surface area (Å²) in [6.07, 6.45) is 3.59. The second-order valence-electron chi connectivity index (χ2n) is 6.61. The first-order valence-corrected chi connectivity index (χ1v) is 9.56. The summed E-state index contributed by atoms with van der Waals surface area (Å²) in [5.74, 6) is 0.0829. The van der Waals surface area contributed by atoms with Gasteiger partial charge in [0.25, 0.3) is 0 Å². The maximum absolute atomic E-state index is 12.0. The first-order chi connectivity index (χ1) is 12.6. The van der Waals surface area contributed by atoms with Crippen molar-refractivity contribution >= 4 is 29.9 Å². The van der Waals surface area contributed by atoms with Gasteiger partial charge in [-0.25, -0.2) is 0 Å². The zero-order chi connectivity index (χ0) is 18.8. The molecule has 0 radical (unpaired) electrons. The van der Waals surface area contributed by atoms with E-state index >= 15 is 0 Å². The Bertz CT molecular complexity index is 686. The molecule has 0 atom stereocenters. The normalized spacial score (nSPS) is 10.6. The summed E-state index contributed by atoms with van der Waals surface area (Å²) in [5, 5.41) is 6.39. The van der Waals surface area contributed by atoms with Crippen molar-refractivity contribution in [1.82, 2.24) is 5.32 Å². The third-order valence-electron chi connectivity index (χ3n) is 4.23. The molecule has 2 N–H and O–H groups in total. The molecule has 0 bridgehead atoms. The largest absolute Gasteiger partial charge is 0.378 e. The van der Waals surface area contributed by atoms with E-state index in [0.29, 0.717) is 6.42 Å². The zero-order valence-corrected chi connectivity index (χ0v) is 16.6. The molecule has 1 amide bonds. The smallest absolute Gasteiger partial charge is 0.224 e. The minimum atomic E-state index is 0.0829.